The number of ether oxygens (including phenoxy) is 1. The summed E-state index contributed by atoms with van der Waals surface area (Å²) in [5.41, 5.74) is -0.914. The molecule has 0 aliphatic rings. The summed E-state index contributed by atoms with van der Waals surface area (Å²) in [4.78, 5) is 13.6. The van der Waals surface area contributed by atoms with Crippen molar-refractivity contribution in [2.75, 3.05) is 24.3 Å². The number of alkyl halides is 5. The maximum Gasteiger partial charge on any atom is 0.418 e. The number of anilines is 2. The third kappa shape index (κ3) is 5.70. The molecule has 0 atom stereocenters. The van der Waals surface area contributed by atoms with Gasteiger partial charge in [-0.25, -0.2) is 0 Å². The highest BCUT2D eigenvalue weighted by Gasteiger charge is 2.34. The fourth-order valence-electron chi connectivity index (χ4n) is 2.32. The molecule has 0 bridgehead atoms. The minimum absolute atomic E-state index is 0.159. The maximum absolute atomic E-state index is 13.3. The first-order valence-electron chi connectivity index (χ1n) is 7.99. The lowest BCUT2D eigenvalue weighted by Crippen LogP contribution is -2.16. The van der Waals surface area contributed by atoms with Crippen LogP contribution in [0.25, 0.3) is 6.08 Å². The van der Waals surface area contributed by atoms with Gasteiger partial charge < -0.3 is 15.0 Å². The first-order chi connectivity index (χ1) is 13.1. The highest BCUT2D eigenvalue weighted by atomic mass is 19.4. The van der Waals surface area contributed by atoms with Crippen LogP contribution in [0.3, 0.4) is 0 Å². The molecule has 0 aliphatic heterocycles. The molecule has 0 unspecified atom stereocenters. The summed E-state index contributed by atoms with van der Waals surface area (Å²) in [6, 6.07) is 9.22. The molecule has 9 heteroatoms. The number of hydrogen-bond donors (Lipinski definition) is 1. The van der Waals surface area contributed by atoms with Crippen molar-refractivity contribution in [3.8, 4) is 5.75 Å². The lowest BCUT2D eigenvalue weighted by atomic mass is 10.1. The maximum atomic E-state index is 13.3. The molecule has 2 rings (SSSR count). The van der Waals surface area contributed by atoms with Crippen LogP contribution in [-0.2, 0) is 11.0 Å². The van der Waals surface area contributed by atoms with Crippen LogP contribution < -0.4 is 15.0 Å². The molecule has 0 saturated heterocycles. The average molecular weight is 400 g/mol. The van der Waals surface area contributed by atoms with Crippen molar-refractivity contribution < 1.29 is 31.5 Å². The van der Waals surface area contributed by atoms with E-state index in [0.29, 0.717) is 5.69 Å². The minimum Gasteiger partial charge on any atom is -0.434 e. The number of hydrogen-bond acceptors (Lipinski definition) is 3. The third-order valence-electron chi connectivity index (χ3n) is 3.63. The summed E-state index contributed by atoms with van der Waals surface area (Å²) < 4.78 is 69.0. The molecule has 0 aromatic heterocycles. The van der Waals surface area contributed by atoms with E-state index in [1.165, 1.54) is 41.3 Å². The first kappa shape index (κ1) is 21.2. The molecule has 0 aliphatic carbocycles. The van der Waals surface area contributed by atoms with Crippen molar-refractivity contribution >= 4 is 23.4 Å². The zero-order valence-electron chi connectivity index (χ0n) is 14.9. The van der Waals surface area contributed by atoms with Crippen molar-refractivity contribution in [1.82, 2.24) is 0 Å². The molecule has 28 heavy (non-hydrogen) atoms. The molecule has 1 N–H and O–H groups in total. The van der Waals surface area contributed by atoms with Crippen LogP contribution in [0.4, 0.5) is 33.3 Å². The molecule has 0 heterocycles. The number of nitrogens with one attached hydrogen (secondary N) is 1. The summed E-state index contributed by atoms with van der Waals surface area (Å²) in [7, 11) is 3.19. The van der Waals surface area contributed by atoms with Gasteiger partial charge in [0.05, 0.1) is 11.3 Å². The summed E-state index contributed by atoms with van der Waals surface area (Å²) in [6.07, 6.45) is -2.56. The number of nitrogens with zero attached hydrogens (tertiary/aromatic N) is 1. The molecular formula is C19H17F5N2O2. The highest BCUT2D eigenvalue weighted by Crippen LogP contribution is 2.37. The van der Waals surface area contributed by atoms with Crippen LogP contribution in [0, 0.1) is 0 Å². The van der Waals surface area contributed by atoms with Gasteiger partial charge in [-0.05, 0) is 30.3 Å². The van der Waals surface area contributed by atoms with Crippen LogP contribution in [-0.4, -0.2) is 26.6 Å². The van der Waals surface area contributed by atoms with Crippen molar-refractivity contribution in [3.63, 3.8) is 0 Å². The summed E-state index contributed by atoms with van der Waals surface area (Å²) in [5, 5.41) is 2.16. The Balaban J connectivity index is 2.23. The fourth-order valence-corrected chi connectivity index (χ4v) is 2.32. The Morgan fingerprint density at radius 2 is 1.82 bits per heavy atom. The topological polar surface area (TPSA) is 41.6 Å². The van der Waals surface area contributed by atoms with Gasteiger partial charge in [0.15, 0.2) is 0 Å². The molecule has 0 fully saturated rings. The Bertz CT molecular complexity index is 864. The third-order valence-corrected chi connectivity index (χ3v) is 3.63. The van der Waals surface area contributed by atoms with Gasteiger partial charge in [0.2, 0.25) is 5.91 Å². The van der Waals surface area contributed by atoms with Gasteiger partial charge in [-0.1, -0.05) is 18.2 Å². The van der Waals surface area contributed by atoms with E-state index in [2.05, 4.69) is 10.1 Å². The number of carbonyl (C=O) groups is 1. The van der Waals surface area contributed by atoms with Gasteiger partial charge in [-0.2, -0.15) is 22.0 Å². The van der Waals surface area contributed by atoms with Gasteiger partial charge in [0, 0.05) is 31.4 Å². The molecule has 0 saturated carbocycles. The van der Waals surface area contributed by atoms with Gasteiger partial charge in [-0.15, -0.1) is 0 Å². The van der Waals surface area contributed by atoms with E-state index in [1.807, 2.05) is 0 Å². The summed E-state index contributed by atoms with van der Waals surface area (Å²) in [5.74, 6) is -1.01. The molecule has 2 aromatic rings. The van der Waals surface area contributed by atoms with E-state index in [-0.39, 0.29) is 11.3 Å². The second-order valence-corrected chi connectivity index (χ2v) is 5.86. The van der Waals surface area contributed by atoms with Crippen LogP contribution in [0.2, 0.25) is 0 Å². The van der Waals surface area contributed by atoms with E-state index < -0.39 is 29.9 Å². The molecule has 0 spiro atoms. The van der Waals surface area contributed by atoms with Crippen LogP contribution in [0.5, 0.6) is 5.75 Å². The first-order valence-corrected chi connectivity index (χ1v) is 7.99. The quantitative estimate of drug-likeness (QED) is 0.547. The predicted molar refractivity (Wildman–Crippen MR) is 96.5 cm³/mol. The fraction of sp³-hybridized carbons (Fsp3) is 0.211. The lowest BCUT2D eigenvalue weighted by molar-refractivity contribution is -0.136. The summed E-state index contributed by atoms with van der Waals surface area (Å²) >= 11 is 0. The largest absolute Gasteiger partial charge is 0.434 e. The van der Waals surface area contributed by atoms with Gasteiger partial charge in [-0.3, -0.25) is 4.79 Å². The van der Waals surface area contributed by atoms with E-state index >= 15 is 0 Å². The zero-order chi connectivity index (χ0) is 20.9. The minimum atomic E-state index is -4.67. The van der Waals surface area contributed by atoms with Crippen LogP contribution in [0.1, 0.15) is 11.1 Å². The normalized spacial score (nSPS) is 11.7. The Hall–Kier alpha value is -3.10. The van der Waals surface area contributed by atoms with Gasteiger partial charge in [0.25, 0.3) is 0 Å². The van der Waals surface area contributed by atoms with Crippen molar-refractivity contribution in [3.05, 3.63) is 59.7 Å². The standard InChI is InChI=1S/C19H17F5N2O2/c1-26(2)13-8-9-15(14(11-13)19(22,23)24)25-17(27)10-7-12-5-3-4-6-16(12)28-18(20)21/h3-11,18H,1-2H3,(H,25,27). The molecule has 150 valence electrons. The Morgan fingerprint density at radius 1 is 1.14 bits per heavy atom. The lowest BCUT2D eigenvalue weighted by Gasteiger charge is -2.18. The van der Waals surface area contributed by atoms with Crippen molar-refractivity contribution in [2.24, 2.45) is 0 Å². The summed E-state index contributed by atoms with van der Waals surface area (Å²) in [6.45, 7) is -3.05. The molecule has 0 radical (unpaired) electrons. The number of carbonyl (C=O) groups excluding carboxylic acids is 1. The number of amides is 1. The van der Waals surface area contributed by atoms with E-state index in [0.717, 1.165) is 18.2 Å². The van der Waals surface area contributed by atoms with Gasteiger partial charge >= 0.3 is 12.8 Å². The van der Waals surface area contributed by atoms with Crippen molar-refractivity contribution in [1.29, 1.82) is 0 Å². The predicted octanol–water partition coefficient (Wildman–Crippen LogP) is 5.02. The monoisotopic (exact) mass is 400 g/mol. The highest BCUT2D eigenvalue weighted by molar-refractivity contribution is 6.02. The number of benzene rings is 2. The number of halogens is 5. The van der Waals surface area contributed by atoms with E-state index in [4.69, 9.17) is 0 Å². The second kappa shape index (κ2) is 8.73. The molecular weight excluding hydrogens is 383 g/mol. The number of para-hydroxylation sites is 1. The average Bonchev–Trinajstić information content (AvgIpc) is 2.59. The Morgan fingerprint density at radius 3 is 2.43 bits per heavy atom. The molecule has 4 nitrogen and oxygen atoms in total. The molecule has 1 amide bonds. The van der Waals surface area contributed by atoms with E-state index in [9.17, 15) is 26.7 Å². The van der Waals surface area contributed by atoms with Crippen LogP contribution >= 0.6 is 0 Å². The van der Waals surface area contributed by atoms with Gasteiger partial charge in [0.1, 0.15) is 5.75 Å². The van der Waals surface area contributed by atoms with Crippen molar-refractivity contribution in [2.45, 2.75) is 12.8 Å². The Labute approximate surface area is 158 Å². The second-order valence-electron chi connectivity index (χ2n) is 5.86. The smallest absolute Gasteiger partial charge is 0.418 e. The van der Waals surface area contributed by atoms with Crippen LogP contribution in [0.15, 0.2) is 48.5 Å². The molecule has 2 aromatic carbocycles. The van der Waals surface area contributed by atoms with E-state index in [1.54, 1.807) is 14.1 Å². The number of rotatable bonds is 6. The Kier molecular flexibility index (Phi) is 6.61. The SMILES string of the molecule is CN(C)c1ccc(NC(=O)C=Cc2ccccc2OC(F)F)c(C(F)(F)F)c1. The zero-order valence-corrected chi connectivity index (χ0v) is 14.9.